The second-order valence-electron chi connectivity index (χ2n) is 7.03. The molecule has 5 rings (SSSR count). The van der Waals surface area contributed by atoms with E-state index in [9.17, 15) is 4.79 Å². The second-order valence-corrected chi connectivity index (χ2v) is 7.03. The lowest BCUT2D eigenvalue weighted by molar-refractivity contribution is -0.0179. The molecule has 0 fully saturated rings. The minimum atomic E-state index is -1.21. The van der Waals surface area contributed by atoms with Gasteiger partial charge in [-0.15, -0.1) is 0 Å². The van der Waals surface area contributed by atoms with Crippen molar-refractivity contribution in [2.75, 3.05) is 34.7 Å². The molecule has 1 N–H and O–H groups in total. The topological polar surface area (TPSA) is 75.2 Å². The maximum Gasteiger partial charge on any atom is 0.231 e. The van der Waals surface area contributed by atoms with Crippen molar-refractivity contribution in [3.05, 3.63) is 46.5 Å². The van der Waals surface area contributed by atoms with Crippen molar-refractivity contribution in [1.82, 2.24) is 5.32 Å². The first-order chi connectivity index (χ1) is 13.7. The molecule has 2 aromatic carbocycles. The van der Waals surface area contributed by atoms with Gasteiger partial charge in [0, 0.05) is 23.8 Å². The van der Waals surface area contributed by atoms with Gasteiger partial charge in [-0.25, -0.2) is 0 Å². The normalized spacial score (nSPS) is 24.2. The molecule has 2 heterocycles. The van der Waals surface area contributed by atoms with Crippen molar-refractivity contribution in [2.24, 2.45) is 0 Å². The third-order valence-electron chi connectivity index (χ3n) is 5.92. The zero-order valence-corrected chi connectivity index (χ0v) is 16.0. The molecule has 2 aromatic rings. The summed E-state index contributed by atoms with van der Waals surface area (Å²) >= 11 is 0. The Morgan fingerprint density at radius 1 is 1.11 bits per heavy atom. The van der Waals surface area contributed by atoms with Gasteiger partial charge in [-0.2, -0.15) is 0 Å². The zero-order chi connectivity index (χ0) is 19.5. The van der Waals surface area contributed by atoms with Crippen LogP contribution < -0.4 is 24.3 Å². The van der Waals surface area contributed by atoms with Crippen molar-refractivity contribution in [3.63, 3.8) is 0 Å². The number of ketones is 1. The molecule has 7 nitrogen and oxygen atoms in total. The molecule has 0 aromatic heterocycles. The Kier molecular flexibility index (Phi) is 3.79. The van der Waals surface area contributed by atoms with E-state index in [1.54, 1.807) is 33.5 Å². The van der Waals surface area contributed by atoms with Crippen molar-refractivity contribution < 1.29 is 28.5 Å². The Hall–Kier alpha value is -2.77. The van der Waals surface area contributed by atoms with E-state index in [2.05, 4.69) is 5.32 Å². The van der Waals surface area contributed by atoms with E-state index in [1.807, 2.05) is 12.1 Å². The Balaban J connectivity index is 1.79. The summed E-state index contributed by atoms with van der Waals surface area (Å²) in [5.41, 5.74) is 1.93. The fourth-order valence-corrected chi connectivity index (χ4v) is 4.70. The molecule has 0 bridgehead atoms. The van der Waals surface area contributed by atoms with Crippen LogP contribution in [0.5, 0.6) is 23.0 Å². The molecule has 3 aliphatic rings. The second kappa shape index (κ2) is 6.12. The number of benzene rings is 2. The molecule has 7 heteroatoms. The number of hydrogen-bond donors (Lipinski definition) is 1. The molecule has 146 valence electrons. The number of carbonyl (C=O) groups excluding carboxylic acids is 1. The largest absolute Gasteiger partial charge is 0.493 e. The van der Waals surface area contributed by atoms with E-state index in [1.165, 1.54) is 0 Å². The number of carbonyl (C=O) groups is 1. The first-order valence-electron chi connectivity index (χ1n) is 9.17. The third-order valence-corrected chi connectivity index (χ3v) is 5.92. The van der Waals surface area contributed by atoms with Crippen LogP contribution in [0, 0.1) is 0 Å². The van der Waals surface area contributed by atoms with E-state index >= 15 is 0 Å². The van der Waals surface area contributed by atoms with Crippen LogP contribution in [0.1, 0.15) is 33.1 Å². The molecule has 0 saturated heterocycles. The van der Waals surface area contributed by atoms with Crippen LogP contribution in [0.15, 0.2) is 24.3 Å². The average molecular weight is 383 g/mol. The van der Waals surface area contributed by atoms with Gasteiger partial charge in [-0.3, -0.25) is 4.79 Å². The molecular formula is C21H21NO6. The molecule has 0 unspecified atom stereocenters. The van der Waals surface area contributed by atoms with Crippen molar-refractivity contribution >= 4 is 5.78 Å². The van der Waals surface area contributed by atoms with Gasteiger partial charge in [0.25, 0.3) is 0 Å². The number of nitrogens with one attached hydrogen (secondary N) is 1. The smallest absolute Gasteiger partial charge is 0.231 e. The Morgan fingerprint density at radius 3 is 2.61 bits per heavy atom. The standard InChI is InChI=1S/C21H21NO6/c1-24-14-5-4-12-17(18(14)25-2)19-21(26-3,20(12)23)13-9-16-15(27-10-28-16)8-11(13)6-7-22-19/h4-5,8-9,19,22H,6-7,10H2,1-3H3/t19-,21+/m0/s1. The number of methoxy groups -OCH3 is 3. The summed E-state index contributed by atoms with van der Waals surface area (Å²) in [5, 5.41) is 3.51. The molecule has 2 aliphatic heterocycles. The van der Waals surface area contributed by atoms with Crippen molar-refractivity contribution in [2.45, 2.75) is 18.1 Å². The summed E-state index contributed by atoms with van der Waals surface area (Å²) in [4.78, 5) is 13.7. The summed E-state index contributed by atoms with van der Waals surface area (Å²) < 4.78 is 28.3. The summed E-state index contributed by atoms with van der Waals surface area (Å²) in [5.74, 6) is 2.35. The SMILES string of the molecule is COc1ccc2c(c1OC)[C@@H]1NCCc3cc4c(cc3[C@]1(OC)C2=O)OCO4. The van der Waals surface area contributed by atoms with Crippen molar-refractivity contribution in [3.8, 4) is 23.0 Å². The number of rotatable bonds is 3. The van der Waals surface area contributed by atoms with Gasteiger partial charge in [0.05, 0.1) is 20.3 Å². The van der Waals surface area contributed by atoms with E-state index < -0.39 is 11.6 Å². The Bertz CT molecular complexity index is 987. The summed E-state index contributed by atoms with van der Waals surface area (Å²) in [6.45, 7) is 0.856. The minimum Gasteiger partial charge on any atom is -0.493 e. The quantitative estimate of drug-likeness (QED) is 0.872. The van der Waals surface area contributed by atoms with E-state index in [0.717, 1.165) is 23.1 Å². The van der Waals surface area contributed by atoms with Gasteiger partial charge >= 0.3 is 0 Å². The molecular weight excluding hydrogens is 362 g/mol. The lowest BCUT2D eigenvalue weighted by Gasteiger charge is -2.33. The van der Waals surface area contributed by atoms with Gasteiger partial charge in [0.1, 0.15) is 0 Å². The van der Waals surface area contributed by atoms with Gasteiger partial charge in [-0.05, 0) is 42.8 Å². The molecule has 0 saturated carbocycles. The maximum absolute atomic E-state index is 13.7. The number of fused-ring (bicyclic) bond motifs is 6. The maximum atomic E-state index is 13.7. The summed E-state index contributed by atoms with van der Waals surface area (Å²) in [7, 11) is 4.74. The van der Waals surface area contributed by atoms with Crippen molar-refractivity contribution in [1.29, 1.82) is 0 Å². The minimum absolute atomic E-state index is 0.106. The van der Waals surface area contributed by atoms with E-state index in [4.69, 9.17) is 23.7 Å². The van der Waals surface area contributed by atoms with Crippen LogP contribution in [0.2, 0.25) is 0 Å². The van der Waals surface area contributed by atoms with Gasteiger partial charge < -0.3 is 29.0 Å². The lowest BCUT2D eigenvalue weighted by atomic mass is 9.83. The monoisotopic (exact) mass is 383 g/mol. The van der Waals surface area contributed by atoms with Crippen LogP contribution in [-0.2, 0) is 16.8 Å². The van der Waals surface area contributed by atoms with Gasteiger partial charge in [-0.1, -0.05) is 0 Å². The predicted octanol–water partition coefficient (Wildman–Crippen LogP) is 2.36. The van der Waals surface area contributed by atoms with Crippen LogP contribution in [0.4, 0.5) is 0 Å². The number of Topliss-reactive ketones (excluding diaryl/α,β-unsaturated/α-hetero) is 1. The Morgan fingerprint density at radius 2 is 1.89 bits per heavy atom. The molecule has 0 amide bonds. The Labute approximate surface area is 162 Å². The molecule has 0 radical (unpaired) electrons. The van der Waals surface area contributed by atoms with Gasteiger partial charge in [0.2, 0.25) is 12.6 Å². The van der Waals surface area contributed by atoms with E-state index in [-0.39, 0.29) is 12.6 Å². The van der Waals surface area contributed by atoms with E-state index in [0.29, 0.717) is 35.1 Å². The highest BCUT2D eigenvalue weighted by Gasteiger charge is 2.58. The van der Waals surface area contributed by atoms with Gasteiger partial charge in [0.15, 0.2) is 28.6 Å². The van der Waals surface area contributed by atoms with Crippen LogP contribution in [-0.4, -0.2) is 40.5 Å². The fourth-order valence-electron chi connectivity index (χ4n) is 4.70. The predicted molar refractivity (Wildman–Crippen MR) is 99.6 cm³/mol. The highest BCUT2D eigenvalue weighted by Crippen LogP contribution is 2.56. The molecule has 0 spiro atoms. The fraction of sp³-hybridized carbons (Fsp3) is 0.381. The lowest BCUT2D eigenvalue weighted by Crippen LogP contribution is -2.43. The highest BCUT2D eigenvalue weighted by atomic mass is 16.7. The molecule has 1 aliphatic carbocycles. The summed E-state index contributed by atoms with van der Waals surface area (Å²) in [6, 6.07) is 6.96. The third kappa shape index (κ3) is 2.03. The molecule has 28 heavy (non-hydrogen) atoms. The first-order valence-corrected chi connectivity index (χ1v) is 9.17. The molecule has 2 atom stereocenters. The van der Waals surface area contributed by atoms with Crippen LogP contribution >= 0.6 is 0 Å². The average Bonchev–Trinajstić information content (AvgIpc) is 3.22. The number of ether oxygens (including phenoxy) is 5. The first kappa shape index (κ1) is 17.3. The van der Waals surface area contributed by atoms with Crippen LogP contribution in [0.25, 0.3) is 0 Å². The highest BCUT2D eigenvalue weighted by molar-refractivity contribution is 6.09. The number of hydrogen-bond acceptors (Lipinski definition) is 7. The summed E-state index contributed by atoms with van der Waals surface area (Å²) in [6.07, 6.45) is 0.739. The van der Waals surface area contributed by atoms with Crippen LogP contribution in [0.3, 0.4) is 0 Å². The zero-order valence-electron chi connectivity index (χ0n) is 16.0.